The van der Waals surface area contributed by atoms with Crippen LogP contribution in [0.3, 0.4) is 0 Å². The van der Waals surface area contributed by atoms with Crippen LogP contribution >= 0.6 is 0 Å². The van der Waals surface area contributed by atoms with E-state index in [4.69, 9.17) is 9.47 Å². The third kappa shape index (κ3) is 5.25. The Morgan fingerprint density at radius 1 is 1.00 bits per heavy atom. The second-order valence-electron chi connectivity index (χ2n) is 6.78. The van der Waals surface area contributed by atoms with Gasteiger partial charge in [0.25, 0.3) is 0 Å². The van der Waals surface area contributed by atoms with E-state index in [1.54, 1.807) is 4.90 Å². The third-order valence-electron chi connectivity index (χ3n) is 4.90. The molecular formula is C22H27NO3. The highest BCUT2D eigenvalue weighted by atomic mass is 16.6. The maximum Gasteiger partial charge on any atom is 0.410 e. The van der Waals surface area contributed by atoms with Crippen molar-refractivity contribution in [1.82, 2.24) is 4.90 Å². The molecule has 1 amide bonds. The number of piperidine rings is 1. The number of carbonyl (C=O) groups is 1. The lowest BCUT2D eigenvalue weighted by Crippen LogP contribution is -2.39. The maximum atomic E-state index is 12.2. The number of amides is 1. The molecule has 2 aromatic rings. The number of benzene rings is 2. The summed E-state index contributed by atoms with van der Waals surface area (Å²) in [6.07, 6.45) is 2.73. The minimum Gasteiger partial charge on any atom is -0.493 e. The highest BCUT2D eigenvalue weighted by Gasteiger charge is 2.24. The van der Waals surface area contributed by atoms with Gasteiger partial charge < -0.3 is 14.4 Å². The van der Waals surface area contributed by atoms with Crippen LogP contribution in [0.1, 0.15) is 30.9 Å². The van der Waals surface area contributed by atoms with Crippen molar-refractivity contribution in [3.63, 3.8) is 0 Å². The number of hydrogen-bond acceptors (Lipinski definition) is 3. The fraction of sp³-hybridized carbons (Fsp3) is 0.409. The Labute approximate surface area is 155 Å². The maximum absolute atomic E-state index is 12.2. The summed E-state index contributed by atoms with van der Waals surface area (Å²) in [5, 5.41) is 0. The number of nitrogens with zero attached hydrogens (tertiary/aromatic N) is 1. The van der Waals surface area contributed by atoms with E-state index in [0.717, 1.165) is 43.7 Å². The Bertz CT molecular complexity index is 676. The van der Waals surface area contributed by atoms with Crippen molar-refractivity contribution in [3.8, 4) is 5.75 Å². The molecule has 4 nitrogen and oxygen atoms in total. The van der Waals surface area contributed by atoms with Crippen molar-refractivity contribution < 1.29 is 14.3 Å². The fourth-order valence-corrected chi connectivity index (χ4v) is 3.13. The van der Waals surface area contributed by atoms with Gasteiger partial charge in [0.15, 0.2) is 0 Å². The zero-order valence-electron chi connectivity index (χ0n) is 15.4. The van der Waals surface area contributed by atoms with Crippen molar-refractivity contribution in [2.75, 3.05) is 19.7 Å². The minimum absolute atomic E-state index is 0.219. The lowest BCUT2D eigenvalue weighted by molar-refractivity contribution is 0.0761. The molecule has 1 saturated heterocycles. The van der Waals surface area contributed by atoms with Gasteiger partial charge in [-0.15, -0.1) is 0 Å². The topological polar surface area (TPSA) is 38.8 Å². The Hall–Kier alpha value is -2.49. The fourth-order valence-electron chi connectivity index (χ4n) is 3.13. The molecular weight excluding hydrogens is 326 g/mol. The Morgan fingerprint density at radius 3 is 2.35 bits per heavy atom. The highest BCUT2D eigenvalue weighted by molar-refractivity contribution is 5.67. The summed E-state index contributed by atoms with van der Waals surface area (Å²) in [6.45, 7) is 4.65. The van der Waals surface area contributed by atoms with E-state index < -0.39 is 0 Å². The van der Waals surface area contributed by atoms with Gasteiger partial charge >= 0.3 is 6.09 Å². The molecule has 1 aliphatic heterocycles. The summed E-state index contributed by atoms with van der Waals surface area (Å²) < 4.78 is 11.3. The van der Waals surface area contributed by atoms with E-state index in [-0.39, 0.29) is 6.09 Å². The van der Waals surface area contributed by atoms with Gasteiger partial charge in [0.2, 0.25) is 0 Å². The second kappa shape index (κ2) is 9.27. The minimum atomic E-state index is -0.219. The number of ether oxygens (including phenoxy) is 2. The van der Waals surface area contributed by atoms with Crippen molar-refractivity contribution in [2.45, 2.75) is 32.8 Å². The zero-order chi connectivity index (χ0) is 18.2. The van der Waals surface area contributed by atoms with Crippen molar-refractivity contribution >= 4 is 6.09 Å². The van der Waals surface area contributed by atoms with Gasteiger partial charge in [-0.25, -0.2) is 4.79 Å². The average Bonchev–Trinajstić information content (AvgIpc) is 2.72. The standard InChI is InChI=1S/C22H27NO3/c1-2-18-8-10-21(11-9-18)25-16-20-12-14-23(15-13-20)22(24)26-17-19-6-4-3-5-7-19/h3-11,20H,2,12-17H2,1H3. The molecule has 4 heteroatoms. The van der Waals surface area contributed by atoms with Crippen LogP contribution in [0.5, 0.6) is 5.75 Å². The van der Waals surface area contributed by atoms with Crippen molar-refractivity contribution in [1.29, 1.82) is 0 Å². The van der Waals surface area contributed by atoms with Crippen LogP contribution in [0.25, 0.3) is 0 Å². The smallest absolute Gasteiger partial charge is 0.410 e. The first kappa shape index (κ1) is 18.3. The average molecular weight is 353 g/mol. The van der Waals surface area contributed by atoms with Crippen LogP contribution in [0.4, 0.5) is 4.79 Å². The molecule has 0 aromatic heterocycles. The first-order valence-electron chi connectivity index (χ1n) is 9.42. The van der Waals surface area contributed by atoms with Crippen LogP contribution in [-0.2, 0) is 17.8 Å². The highest BCUT2D eigenvalue weighted by Crippen LogP contribution is 2.20. The van der Waals surface area contributed by atoms with Crippen molar-refractivity contribution in [3.05, 3.63) is 65.7 Å². The predicted molar refractivity (Wildman–Crippen MR) is 102 cm³/mol. The number of carbonyl (C=O) groups excluding carboxylic acids is 1. The van der Waals surface area contributed by atoms with Gasteiger partial charge in [-0.1, -0.05) is 49.4 Å². The summed E-state index contributed by atoms with van der Waals surface area (Å²) in [4.78, 5) is 14.0. The van der Waals surface area contributed by atoms with E-state index in [1.165, 1.54) is 5.56 Å². The molecule has 0 bridgehead atoms. The van der Waals surface area contributed by atoms with Gasteiger partial charge in [-0.2, -0.15) is 0 Å². The summed E-state index contributed by atoms with van der Waals surface area (Å²) in [5.41, 5.74) is 2.33. The van der Waals surface area contributed by atoms with E-state index in [9.17, 15) is 4.79 Å². The molecule has 138 valence electrons. The largest absolute Gasteiger partial charge is 0.493 e. The molecule has 1 heterocycles. The monoisotopic (exact) mass is 353 g/mol. The van der Waals surface area contributed by atoms with E-state index in [0.29, 0.717) is 19.1 Å². The molecule has 0 unspecified atom stereocenters. The number of likely N-dealkylation sites (tertiary alicyclic amines) is 1. The molecule has 0 N–H and O–H groups in total. The molecule has 3 rings (SSSR count). The number of rotatable bonds is 6. The summed E-state index contributed by atoms with van der Waals surface area (Å²) in [7, 11) is 0. The predicted octanol–water partition coefficient (Wildman–Crippen LogP) is 4.68. The Balaban J connectivity index is 1.37. The normalized spacial score (nSPS) is 14.9. The van der Waals surface area contributed by atoms with Gasteiger partial charge in [0.1, 0.15) is 12.4 Å². The quantitative estimate of drug-likeness (QED) is 0.757. The van der Waals surface area contributed by atoms with Crippen LogP contribution in [0.15, 0.2) is 54.6 Å². The zero-order valence-corrected chi connectivity index (χ0v) is 15.4. The van der Waals surface area contributed by atoms with Gasteiger partial charge in [-0.3, -0.25) is 0 Å². The second-order valence-corrected chi connectivity index (χ2v) is 6.78. The first-order chi connectivity index (χ1) is 12.7. The van der Waals surface area contributed by atoms with Gasteiger partial charge in [0, 0.05) is 13.1 Å². The van der Waals surface area contributed by atoms with Crippen LogP contribution in [0.2, 0.25) is 0 Å². The molecule has 26 heavy (non-hydrogen) atoms. The Morgan fingerprint density at radius 2 is 1.69 bits per heavy atom. The number of hydrogen-bond donors (Lipinski definition) is 0. The van der Waals surface area contributed by atoms with Crippen LogP contribution < -0.4 is 4.74 Å². The van der Waals surface area contributed by atoms with E-state index >= 15 is 0 Å². The molecule has 0 saturated carbocycles. The molecule has 2 aromatic carbocycles. The summed E-state index contributed by atoms with van der Waals surface area (Å²) in [6, 6.07) is 18.1. The lowest BCUT2D eigenvalue weighted by atomic mass is 9.98. The Kier molecular flexibility index (Phi) is 6.53. The number of aryl methyl sites for hydroxylation is 1. The summed E-state index contributed by atoms with van der Waals surface area (Å²) >= 11 is 0. The van der Waals surface area contributed by atoms with E-state index in [1.807, 2.05) is 42.5 Å². The van der Waals surface area contributed by atoms with Crippen molar-refractivity contribution in [2.24, 2.45) is 5.92 Å². The van der Waals surface area contributed by atoms with Gasteiger partial charge in [-0.05, 0) is 48.4 Å². The molecule has 0 atom stereocenters. The first-order valence-corrected chi connectivity index (χ1v) is 9.42. The van der Waals surface area contributed by atoms with E-state index in [2.05, 4.69) is 19.1 Å². The summed E-state index contributed by atoms with van der Waals surface area (Å²) in [5.74, 6) is 1.41. The SMILES string of the molecule is CCc1ccc(OCC2CCN(C(=O)OCc3ccccc3)CC2)cc1. The lowest BCUT2D eigenvalue weighted by Gasteiger charge is -2.31. The van der Waals surface area contributed by atoms with Crippen LogP contribution in [-0.4, -0.2) is 30.7 Å². The third-order valence-corrected chi connectivity index (χ3v) is 4.90. The molecule has 0 radical (unpaired) electrons. The van der Waals surface area contributed by atoms with Gasteiger partial charge in [0.05, 0.1) is 6.61 Å². The molecule has 0 aliphatic carbocycles. The molecule has 1 aliphatic rings. The van der Waals surface area contributed by atoms with Crippen LogP contribution in [0, 0.1) is 5.92 Å². The molecule has 0 spiro atoms. The molecule has 1 fully saturated rings.